The molecular formula is C11H11ClN4O. The number of nitrogens with zero attached hydrogens (tertiary/aromatic N) is 3. The Hall–Kier alpha value is -1.88. The lowest BCUT2D eigenvalue weighted by atomic mass is 10.3. The average Bonchev–Trinajstić information content (AvgIpc) is 2.84. The zero-order valence-corrected chi connectivity index (χ0v) is 9.93. The highest BCUT2D eigenvalue weighted by Crippen LogP contribution is 2.12. The summed E-state index contributed by atoms with van der Waals surface area (Å²) in [4.78, 5) is 15.8. The van der Waals surface area contributed by atoms with Gasteiger partial charge < -0.3 is 5.32 Å². The van der Waals surface area contributed by atoms with Gasteiger partial charge in [0.05, 0.1) is 5.02 Å². The first-order valence-corrected chi connectivity index (χ1v) is 5.46. The number of carbonyl (C=O) groups is 1. The van der Waals surface area contributed by atoms with E-state index in [1.54, 1.807) is 42.2 Å². The highest BCUT2D eigenvalue weighted by Gasteiger charge is 2.15. The number of carbonyl (C=O) groups excluding carboxylic acids is 1. The van der Waals surface area contributed by atoms with Crippen molar-refractivity contribution < 1.29 is 4.79 Å². The molecule has 1 amide bonds. The summed E-state index contributed by atoms with van der Waals surface area (Å²) in [6, 6.07) is 4.70. The van der Waals surface area contributed by atoms with Gasteiger partial charge in [0.25, 0.3) is 0 Å². The SMILES string of the molecule is CC(C(=O)Nc1ccc(Cl)cn1)n1cccn1. The topological polar surface area (TPSA) is 59.8 Å². The first-order chi connectivity index (χ1) is 8.16. The second-order valence-corrected chi connectivity index (χ2v) is 3.95. The third-order valence-corrected chi connectivity index (χ3v) is 2.50. The Morgan fingerprint density at radius 2 is 2.35 bits per heavy atom. The van der Waals surface area contributed by atoms with Crippen molar-refractivity contribution in [3.63, 3.8) is 0 Å². The van der Waals surface area contributed by atoms with Gasteiger partial charge in [0.15, 0.2) is 0 Å². The molecule has 2 aromatic rings. The van der Waals surface area contributed by atoms with E-state index in [0.717, 1.165) is 0 Å². The summed E-state index contributed by atoms with van der Waals surface area (Å²) in [5.74, 6) is 0.293. The molecule has 0 spiro atoms. The highest BCUT2D eigenvalue weighted by atomic mass is 35.5. The van der Waals surface area contributed by atoms with Gasteiger partial charge in [0.1, 0.15) is 11.9 Å². The Bertz CT molecular complexity index is 495. The molecule has 17 heavy (non-hydrogen) atoms. The van der Waals surface area contributed by atoms with Crippen molar-refractivity contribution in [2.45, 2.75) is 13.0 Å². The van der Waals surface area contributed by atoms with Crippen molar-refractivity contribution in [3.8, 4) is 0 Å². The predicted octanol–water partition coefficient (Wildman–Crippen LogP) is 2.13. The van der Waals surface area contributed by atoms with Crippen molar-refractivity contribution in [1.29, 1.82) is 0 Å². The van der Waals surface area contributed by atoms with E-state index in [2.05, 4.69) is 15.4 Å². The molecule has 6 heteroatoms. The molecule has 1 atom stereocenters. The quantitative estimate of drug-likeness (QED) is 0.908. The normalized spacial score (nSPS) is 12.1. The number of anilines is 1. The Kier molecular flexibility index (Phi) is 3.39. The van der Waals surface area contributed by atoms with Crippen LogP contribution >= 0.6 is 11.6 Å². The van der Waals surface area contributed by atoms with Crippen LogP contribution in [0.5, 0.6) is 0 Å². The Morgan fingerprint density at radius 1 is 1.53 bits per heavy atom. The Morgan fingerprint density at radius 3 is 2.94 bits per heavy atom. The fraction of sp³-hybridized carbons (Fsp3) is 0.182. The zero-order valence-electron chi connectivity index (χ0n) is 9.17. The average molecular weight is 251 g/mol. The first kappa shape index (κ1) is 11.6. The molecule has 5 nitrogen and oxygen atoms in total. The maximum Gasteiger partial charge on any atom is 0.250 e. The van der Waals surface area contributed by atoms with E-state index in [1.165, 1.54) is 6.20 Å². The molecular weight excluding hydrogens is 240 g/mol. The fourth-order valence-electron chi connectivity index (χ4n) is 1.31. The minimum absolute atomic E-state index is 0.177. The van der Waals surface area contributed by atoms with Crippen LogP contribution in [0.25, 0.3) is 0 Å². The highest BCUT2D eigenvalue weighted by molar-refractivity contribution is 6.30. The van der Waals surface area contributed by atoms with Crippen molar-refractivity contribution in [2.75, 3.05) is 5.32 Å². The van der Waals surface area contributed by atoms with Crippen molar-refractivity contribution in [2.24, 2.45) is 0 Å². The van der Waals surface area contributed by atoms with Crippen LogP contribution < -0.4 is 5.32 Å². The summed E-state index contributed by atoms with van der Waals surface area (Å²) < 4.78 is 1.57. The van der Waals surface area contributed by atoms with Crippen molar-refractivity contribution >= 4 is 23.3 Å². The second-order valence-electron chi connectivity index (χ2n) is 3.51. The molecule has 0 bridgehead atoms. The molecule has 0 aliphatic heterocycles. The summed E-state index contributed by atoms with van der Waals surface area (Å²) in [5.41, 5.74) is 0. The lowest BCUT2D eigenvalue weighted by Gasteiger charge is -2.11. The molecule has 0 aliphatic rings. The van der Waals surface area contributed by atoms with Crippen LogP contribution in [0.3, 0.4) is 0 Å². The molecule has 0 saturated heterocycles. The fourth-order valence-corrected chi connectivity index (χ4v) is 1.42. The number of hydrogen-bond acceptors (Lipinski definition) is 3. The van der Waals surface area contributed by atoms with Crippen molar-refractivity contribution in [3.05, 3.63) is 41.8 Å². The van der Waals surface area contributed by atoms with Crippen LogP contribution in [0.1, 0.15) is 13.0 Å². The van der Waals surface area contributed by atoms with Gasteiger partial charge in [-0.3, -0.25) is 9.48 Å². The molecule has 0 aliphatic carbocycles. The summed E-state index contributed by atoms with van der Waals surface area (Å²) in [5, 5.41) is 7.23. The van der Waals surface area contributed by atoms with Crippen LogP contribution in [-0.4, -0.2) is 20.7 Å². The predicted molar refractivity (Wildman–Crippen MR) is 64.8 cm³/mol. The minimum Gasteiger partial charge on any atom is -0.309 e. The van der Waals surface area contributed by atoms with Gasteiger partial charge in [-0.1, -0.05) is 11.6 Å². The van der Waals surface area contributed by atoms with Crippen LogP contribution in [0.4, 0.5) is 5.82 Å². The van der Waals surface area contributed by atoms with Gasteiger partial charge in [-0.15, -0.1) is 0 Å². The van der Waals surface area contributed by atoms with E-state index in [0.29, 0.717) is 10.8 Å². The number of pyridine rings is 1. The maximum absolute atomic E-state index is 11.9. The number of aromatic nitrogens is 3. The Balaban J connectivity index is 2.04. The number of amides is 1. The van der Waals surface area contributed by atoms with Gasteiger partial charge in [-0.25, -0.2) is 4.98 Å². The molecule has 88 valence electrons. The summed E-state index contributed by atoms with van der Waals surface area (Å²) >= 11 is 5.70. The maximum atomic E-state index is 11.9. The smallest absolute Gasteiger partial charge is 0.250 e. The molecule has 1 unspecified atom stereocenters. The van der Waals surface area contributed by atoms with Crippen LogP contribution in [0.2, 0.25) is 5.02 Å². The number of nitrogens with one attached hydrogen (secondary N) is 1. The zero-order chi connectivity index (χ0) is 12.3. The van der Waals surface area contributed by atoms with E-state index in [-0.39, 0.29) is 11.9 Å². The van der Waals surface area contributed by atoms with E-state index < -0.39 is 0 Å². The third kappa shape index (κ3) is 2.82. The monoisotopic (exact) mass is 250 g/mol. The Labute approximate surface area is 103 Å². The largest absolute Gasteiger partial charge is 0.309 e. The molecule has 2 rings (SSSR count). The van der Waals surface area contributed by atoms with Gasteiger partial charge in [0, 0.05) is 18.6 Å². The van der Waals surface area contributed by atoms with Gasteiger partial charge in [0.2, 0.25) is 5.91 Å². The summed E-state index contributed by atoms with van der Waals surface area (Å²) in [6.45, 7) is 1.76. The number of halogens is 1. The molecule has 2 heterocycles. The van der Waals surface area contributed by atoms with E-state index >= 15 is 0 Å². The first-order valence-electron chi connectivity index (χ1n) is 5.08. The lowest BCUT2D eigenvalue weighted by Crippen LogP contribution is -2.24. The van der Waals surface area contributed by atoms with Crippen LogP contribution in [-0.2, 0) is 4.79 Å². The van der Waals surface area contributed by atoms with Gasteiger partial charge in [-0.05, 0) is 25.1 Å². The van der Waals surface area contributed by atoms with Gasteiger partial charge >= 0.3 is 0 Å². The van der Waals surface area contributed by atoms with E-state index in [4.69, 9.17) is 11.6 Å². The standard InChI is InChI=1S/C11H11ClN4O/c1-8(16-6-2-5-14-16)11(17)15-10-4-3-9(12)7-13-10/h2-8H,1H3,(H,13,15,17). The molecule has 2 aromatic heterocycles. The van der Waals surface area contributed by atoms with E-state index in [1.807, 2.05) is 0 Å². The lowest BCUT2D eigenvalue weighted by molar-refractivity contribution is -0.119. The summed E-state index contributed by atoms with van der Waals surface area (Å²) in [7, 11) is 0. The van der Waals surface area contributed by atoms with Gasteiger partial charge in [-0.2, -0.15) is 5.10 Å². The molecule has 1 N–H and O–H groups in total. The van der Waals surface area contributed by atoms with Crippen LogP contribution in [0, 0.1) is 0 Å². The minimum atomic E-state index is -0.387. The summed E-state index contributed by atoms with van der Waals surface area (Å²) in [6.07, 6.45) is 4.85. The van der Waals surface area contributed by atoms with Crippen molar-refractivity contribution in [1.82, 2.24) is 14.8 Å². The molecule has 0 aromatic carbocycles. The van der Waals surface area contributed by atoms with Crippen LogP contribution in [0.15, 0.2) is 36.8 Å². The number of rotatable bonds is 3. The second kappa shape index (κ2) is 4.97. The third-order valence-electron chi connectivity index (χ3n) is 2.28. The number of hydrogen-bond donors (Lipinski definition) is 1. The van der Waals surface area contributed by atoms with E-state index in [9.17, 15) is 4.79 Å². The molecule has 0 fully saturated rings. The molecule has 0 radical (unpaired) electrons. The molecule has 0 saturated carbocycles.